The van der Waals surface area contributed by atoms with Crippen LogP contribution in [0.25, 0.3) is 33.2 Å². The van der Waals surface area contributed by atoms with Crippen molar-refractivity contribution in [3.05, 3.63) is 108 Å². The van der Waals surface area contributed by atoms with E-state index in [0.29, 0.717) is 31.2 Å². The summed E-state index contributed by atoms with van der Waals surface area (Å²) in [6.45, 7) is 10.9. The van der Waals surface area contributed by atoms with Crippen LogP contribution in [0, 0.1) is 5.41 Å². The Bertz CT molecular complexity index is 2100. The predicted molar refractivity (Wildman–Crippen MR) is 192 cm³/mol. The second-order valence-corrected chi connectivity index (χ2v) is 15.4. The number of aromatic nitrogens is 4. The molecule has 4 aromatic heterocycles. The first kappa shape index (κ1) is 33.0. The van der Waals surface area contributed by atoms with Crippen molar-refractivity contribution < 1.29 is 19.4 Å². The molecule has 48 heavy (non-hydrogen) atoms. The monoisotopic (exact) mass is 660 g/mol. The van der Waals surface area contributed by atoms with Gasteiger partial charge in [0.25, 0.3) is 0 Å². The zero-order valence-electron chi connectivity index (χ0n) is 28.2. The van der Waals surface area contributed by atoms with Crippen LogP contribution in [0.3, 0.4) is 0 Å². The molecule has 0 saturated carbocycles. The summed E-state index contributed by atoms with van der Waals surface area (Å²) in [6.07, 6.45) is 2.08. The van der Waals surface area contributed by atoms with Gasteiger partial charge >= 0.3 is 5.97 Å². The van der Waals surface area contributed by atoms with Gasteiger partial charge in [-0.3, -0.25) is 4.79 Å². The lowest BCUT2D eigenvalue weighted by Gasteiger charge is -2.24. The summed E-state index contributed by atoms with van der Waals surface area (Å²) < 4.78 is 13.6. The van der Waals surface area contributed by atoms with E-state index in [4.69, 9.17) is 19.4 Å². The van der Waals surface area contributed by atoms with Crippen LogP contribution < -0.4 is 9.47 Å². The second-order valence-electron chi connectivity index (χ2n) is 13.5. The molecular weight excluding hydrogens is 621 g/mol. The number of benzene rings is 2. The van der Waals surface area contributed by atoms with E-state index >= 15 is 0 Å². The number of carbonyl (C=O) groups is 1. The molecule has 6 rings (SSSR count). The van der Waals surface area contributed by atoms with Crippen molar-refractivity contribution in [2.45, 2.75) is 63.8 Å². The Morgan fingerprint density at radius 1 is 0.917 bits per heavy atom. The number of aliphatic carboxylic acids is 1. The lowest BCUT2D eigenvalue weighted by atomic mass is 9.88. The average Bonchev–Trinajstić information content (AvgIpc) is 3.32. The van der Waals surface area contributed by atoms with E-state index in [-0.39, 0.29) is 4.75 Å². The molecule has 0 spiro atoms. The summed E-state index contributed by atoms with van der Waals surface area (Å²) in [6, 6.07) is 28.1. The quantitative estimate of drug-likeness (QED) is 0.138. The van der Waals surface area contributed by atoms with Gasteiger partial charge in [-0.25, -0.2) is 15.0 Å². The Balaban J connectivity index is 1.39. The van der Waals surface area contributed by atoms with E-state index in [0.717, 1.165) is 55.0 Å². The normalized spacial score (nSPS) is 12.0. The maximum atomic E-state index is 12.4. The van der Waals surface area contributed by atoms with Crippen LogP contribution in [0.15, 0.2) is 96.0 Å². The smallest absolute Gasteiger partial charge is 0.309 e. The maximum Gasteiger partial charge on any atom is 0.309 e. The van der Waals surface area contributed by atoms with Crippen molar-refractivity contribution in [2.24, 2.45) is 5.41 Å². The van der Waals surface area contributed by atoms with Gasteiger partial charge in [0.1, 0.15) is 18.0 Å². The molecule has 6 aromatic rings. The molecule has 0 atom stereocenters. The van der Waals surface area contributed by atoms with Gasteiger partial charge in [0, 0.05) is 50.7 Å². The van der Waals surface area contributed by atoms with E-state index in [1.165, 1.54) is 0 Å². The molecule has 9 heteroatoms. The number of carboxylic acids is 1. The summed E-state index contributed by atoms with van der Waals surface area (Å²) >= 11 is 1.73. The number of pyridine rings is 3. The molecule has 246 valence electrons. The van der Waals surface area contributed by atoms with Gasteiger partial charge in [-0.1, -0.05) is 75.4 Å². The fourth-order valence-electron chi connectivity index (χ4n) is 5.56. The maximum absolute atomic E-state index is 12.4. The van der Waals surface area contributed by atoms with Gasteiger partial charge in [-0.05, 0) is 43.7 Å². The second kappa shape index (κ2) is 13.3. The number of para-hydroxylation sites is 1. The lowest BCUT2D eigenvalue weighted by molar-refractivity contribution is -0.146. The number of hydrogen-bond acceptors (Lipinski definition) is 7. The standard InChI is InChI=1S/C39H40N4O4S/c1-38(2,3)48-35-30-20-29(47-24-28-19-18-26-10-7-8-11-31(26)41-28)22-40-36(30)43(33(35)21-39(4,5)37(44)45)23-25-14-16-27(17-15-25)32-12-9-13-34(42-32)46-6/h7-20,22H,21,23-24H2,1-6H3,(H,44,45). The first-order valence-electron chi connectivity index (χ1n) is 15.9. The van der Waals surface area contributed by atoms with Crippen LogP contribution >= 0.6 is 11.8 Å². The van der Waals surface area contributed by atoms with E-state index in [2.05, 4.69) is 60.7 Å². The number of rotatable bonds is 11. The minimum atomic E-state index is -0.998. The van der Waals surface area contributed by atoms with Crippen molar-refractivity contribution in [3.8, 4) is 22.9 Å². The highest BCUT2D eigenvalue weighted by Gasteiger charge is 2.33. The zero-order valence-corrected chi connectivity index (χ0v) is 29.0. The Labute approximate surface area is 285 Å². The highest BCUT2D eigenvalue weighted by Crippen LogP contribution is 2.43. The third kappa shape index (κ3) is 7.31. The zero-order chi connectivity index (χ0) is 34.1. The Morgan fingerprint density at radius 3 is 2.42 bits per heavy atom. The number of methoxy groups -OCH3 is 1. The Morgan fingerprint density at radius 2 is 1.69 bits per heavy atom. The highest BCUT2D eigenvalue weighted by atomic mass is 32.2. The minimum Gasteiger partial charge on any atom is -0.486 e. The van der Waals surface area contributed by atoms with Crippen LogP contribution in [-0.4, -0.2) is 42.5 Å². The van der Waals surface area contributed by atoms with Gasteiger partial charge in [0.05, 0.1) is 35.6 Å². The lowest BCUT2D eigenvalue weighted by Crippen LogP contribution is -2.28. The molecule has 0 fully saturated rings. The average molecular weight is 661 g/mol. The van der Waals surface area contributed by atoms with Gasteiger partial charge in [-0.2, -0.15) is 0 Å². The molecule has 8 nitrogen and oxygen atoms in total. The number of carboxylic acid groups (broad SMARTS) is 1. The van der Waals surface area contributed by atoms with Crippen molar-refractivity contribution in [3.63, 3.8) is 0 Å². The van der Waals surface area contributed by atoms with Crippen LogP contribution in [0.1, 0.15) is 51.6 Å². The molecule has 0 radical (unpaired) electrons. The van der Waals surface area contributed by atoms with E-state index in [9.17, 15) is 9.90 Å². The summed E-state index contributed by atoms with van der Waals surface area (Å²) in [5, 5.41) is 12.2. The van der Waals surface area contributed by atoms with Crippen molar-refractivity contribution >= 4 is 39.7 Å². The van der Waals surface area contributed by atoms with Crippen LogP contribution in [0.5, 0.6) is 11.6 Å². The van der Waals surface area contributed by atoms with Crippen LogP contribution in [0.2, 0.25) is 0 Å². The third-order valence-electron chi connectivity index (χ3n) is 8.09. The summed E-state index contributed by atoms with van der Waals surface area (Å²) in [5.41, 5.74) is 5.34. The largest absolute Gasteiger partial charge is 0.486 e. The first-order chi connectivity index (χ1) is 22.9. The number of thioether (sulfide) groups is 1. The summed E-state index contributed by atoms with van der Waals surface area (Å²) in [7, 11) is 1.61. The molecule has 0 unspecified atom stereocenters. The number of hydrogen-bond donors (Lipinski definition) is 1. The first-order valence-corrected chi connectivity index (χ1v) is 16.7. The fourth-order valence-corrected chi connectivity index (χ4v) is 6.74. The number of ether oxygens (including phenoxy) is 2. The van der Waals surface area contributed by atoms with Crippen LogP contribution in [0.4, 0.5) is 0 Å². The van der Waals surface area contributed by atoms with Crippen molar-refractivity contribution in [2.75, 3.05) is 7.11 Å². The van der Waals surface area contributed by atoms with Crippen molar-refractivity contribution in [1.82, 2.24) is 19.5 Å². The van der Waals surface area contributed by atoms with Crippen molar-refractivity contribution in [1.29, 1.82) is 0 Å². The van der Waals surface area contributed by atoms with E-state index in [1.54, 1.807) is 38.9 Å². The predicted octanol–water partition coefficient (Wildman–Crippen LogP) is 8.83. The molecule has 1 N–H and O–H groups in total. The van der Waals surface area contributed by atoms with Gasteiger partial charge in [0.2, 0.25) is 5.88 Å². The Kier molecular flexibility index (Phi) is 9.16. The summed E-state index contributed by atoms with van der Waals surface area (Å²) in [4.78, 5) is 27.7. The molecule has 4 heterocycles. The van der Waals surface area contributed by atoms with E-state index < -0.39 is 11.4 Å². The molecule has 0 aliphatic heterocycles. The minimum absolute atomic E-state index is 0.140. The SMILES string of the molecule is COc1cccc(-c2ccc(Cn3c(CC(C)(C)C(=O)O)c(SC(C)(C)C)c4cc(OCc5ccc6ccccc6n5)cnc43)cc2)n1. The highest BCUT2D eigenvalue weighted by molar-refractivity contribution is 8.00. The van der Waals surface area contributed by atoms with Crippen LogP contribution in [-0.2, 0) is 24.4 Å². The molecule has 0 amide bonds. The number of nitrogens with zero attached hydrogens (tertiary/aromatic N) is 4. The molecular formula is C39H40N4O4S. The molecule has 0 bridgehead atoms. The van der Waals surface area contributed by atoms with E-state index in [1.807, 2.05) is 54.6 Å². The van der Waals surface area contributed by atoms with Gasteiger partial charge in [0.15, 0.2) is 0 Å². The fraction of sp³-hybridized carbons (Fsp3) is 0.282. The third-order valence-corrected chi connectivity index (χ3v) is 9.36. The molecule has 0 aliphatic carbocycles. The topological polar surface area (TPSA) is 99.4 Å². The molecule has 0 aliphatic rings. The molecule has 2 aromatic carbocycles. The van der Waals surface area contributed by atoms with Gasteiger partial charge < -0.3 is 19.1 Å². The Hall–Kier alpha value is -4.89. The summed E-state index contributed by atoms with van der Waals surface area (Å²) in [5.74, 6) is 0.346. The molecule has 0 saturated heterocycles. The number of fused-ring (bicyclic) bond motifs is 2. The van der Waals surface area contributed by atoms with Gasteiger partial charge in [-0.15, -0.1) is 11.8 Å².